The summed E-state index contributed by atoms with van der Waals surface area (Å²) in [5.41, 5.74) is 11.4. The molecule has 3 aromatic carbocycles. The van der Waals surface area contributed by atoms with E-state index in [1.807, 2.05) is 31.2 Å². The van der Waals surface area contributed by atoms with Gasteiger partial charge < -0.3 is 30.6 Å². The van der Waals surface area contributed by atoms with Gasteiger partial charge in [-0.1, -0.05) is 221 Å². The number of nitrogens with two attached hydrogens (primary N) is 1. The van der Waals surface area contributed by atoms with Gasteiger partial charge in [0.25, 0.3) is 10.0 Å². The van der Waals surface area contributed by atoms with Crippen molar-refractivity contribution < 1.29 is 32.2 Å². The molecule has 12 nitrogen and oxygen atoms in total. The van der Waals surface area contributed by atoms with Crippen molar-refractivity contribution in [3.8, 4) is 11.1 Å². The minimum absolute atomic E-state index is 0.0707. The van der Waals surface area contributed by atoms with Crippen molar-refractivity contribution in [3.63, 3.8) is 0 Å². The fourth-order valence-corrected chi connectivity index (χ4v) is 10.4. The van der Waals surface area contributed by atoms with Gasteiger partial charge in [-0.25, -0.2) is 17.9 Å². The first-order valence-electron chi connectivity index (χ1n) is 28.1. The maximum absolute atomic E-state index is 14.0. The highest BCUT2D eigenvalue weighted by Crippen LogP contribution is 2.44. The Labute approximate surface area is 435 Å². The van der Waals surface area contributed by atoms with E-state index in [4.69, 9.17) is 19.9 Å². The molecule has 13 heteroatoms. The Bertz CT molecular complexity index is 2040. The topological polar surface area (TPSA) is 170 Å². The van der Waals surface area contributed by atoms with E-state index in [9.17, 15) is 18.0 Å². The fourth-order valence-electron chi connectivity index (χ4n) is 9.45. The average molecular weight is 1020 g/mol. The zero-order valence-corrected chi connectivity index (χ0v) is 45.4. The molecule has 4 rings (SSSR count). The van der Waals surface area contributed by atoms with Gasteiger partial charge in [0.1, 0.15) is 12.6 Å². The molecule has 5 N–H and O–H groups in total. The highest BCUT2D eigenvalue weighted by atomic mass is 32.2. The maximum Gasteiger partial charge on any atom is 0.407 e. The first-order valence-corrected chi connectivity index (χ1v) is 29.6. The molecule has 0 heterocycles. The number of amides is 2. The molecular weight excluding hydrogens is 923 g/mol. The average Bonchev–Trinajstić information content (AvgIpc) is 3.70. The van der Waals surface area contributed by atoms with E-state index in [2.05, 4.69) is 58.5 Å². The number of nitrogens with zero attached hydrogens (tertiary/aromatic N) is 1. The third kappa shape index (κ3) is 24.1. The van der Waals surface area contributed by atoms with Gasteiger partial charge in [-0.2, -0.15) is 0 Å². The highest BCUT2D eigenvalue weighted by molar-refractivity contribution is 7.90. The fraction of sp³-hybridized carbons (Fsp3) is 0.644. The molecule has 402 valence electrons. The first-order chi connectivity index (χ1) is 35.1. The van der Waals surface area contributed by atoms with Crippen LogP contribution in [0.2, 0.25) is 0 Å². The lowest BCUT2D eigenvalue weighted by atomic mass is 9.98. The van der Waals surface area contributed by atoms with Gasteiger partial charge in [-0.3, -0.25) is 9.79 Å². The Morgan fingerprint density at radius 3 is 1.65 bits per heavy atom. The van der Waals surface area contributed by atoms with E-state index in [1.165, 1.54) is 141 Å². The monoisotopic (exact) mass is 1020 g/mol. The van der Waals surface area contributed by atoms with Crippen LogP contribution in [0.15, 0.2) is 82.7 Å². The predicted molar refractivity (Wildman–Crippen MR) is 295 cm³/mol. The van der Waals surface area contributed by atoms with Crippen molar-refractivity contribution in [2.75, 3.05) is 39.5 Å². The number of nitrogens with one attached hydrogen (secondary N) is 3. The van der Waals surface area contributed by atoms with E-state index in [-0.39, 0.29) is 54.9 Å². The van der Waals surface area contributed by atoms with Crippen molar-refractivity contribution in [1.29, 1.82) is 0 Å². The van der Waals surface area contributed by atoms with E-state index < -0.39 is 22.2 Å². The number of sulfonamides is 1. The quantitative estimate of drug-likeness (QED) is 0.0247. The van der Waals surface area contributed by atoms with Crippen molar-refractivity contribution in [2.24, 2.45) is 10.7 Å². The zero-order valence-electron chi connectivity index (χ0n) is 44.6. The normalized spacial score (nSPS) is 13.3. The molecule has 0 bridgehead atoms. The van der Waals surface area contributed by atoms with Crippen LogP contribution in [0.4, 0.5) is 4.79 Å². The number of hydrogen-bond acceptors (Lipinski definition) is 8. The Morgan fingerprint density at radius 2 is 1.12 bits per heavy atom. The van der Waals surface area contributed by atoms with Crippen LogP contribution in [0.25, 0.3) is 11.1 Å². The minimum Gasteiger partial charge on any atom is -0.449 e. The summed E-state index contributed by atoms with van der Waals surface area (Å²) in [7, 11) is -3.93. The predicted octanol–water partition coefficient (Wildman–Crippen LogP) is 13.2. The number of fused-ring (bicyclic) bond motifs is 3. The van der Waals surface area contributed by atoms with Crippen LogP contribution in [0.1, 0.15) is 203 Å². The smallest absolute Gasteiger partial charge is 0.407 e. The lowest BCUT2D eigenvalue weighted by Crippen LogP contribution is -2.49. The second kappa shape index (κ2) is 36.5. The number of aryl methyl sites for hydroxylation is 1. The van der Waals surface area contributed by atoms with Gasteiger partial charge in [0.2, 0.25) is 11.9 Å². The lowest BCUT2D eigenvalue weighted by Gasteiger charge is -2.22. The SMILES string of the molecule is CCCCCCCCCCCCCCOCC(CNC(=O)[C@H](CCCN=C(N)NS(=O)(=O)c1ccc(C)cc1)NC(=O)OCC1c2ccccc2-c2ccccc21)OCCCCCCCCCCCCCC. The number of guanidine groups is 1. The van der Waals surface area contributed by atoms with Gasteiger partial charge in [-0.15, -0.1) is 0 Å². The molecule has 2 atom stereocenters. The van der Waals surface area contributed by atoms with Crippen LogP contribution in [0.5, 0.6) is 0 Å². The summed E-state index contributed by atoms with van der Waals surface area (Å²) in [6.07, 6.45) is 29.9. The van der Waals surface area contributed by atoms with Crippen LogP contribution in [0.3, 0.4) is 0 Å². The summed E-state index contributed by atoms with van der Waals surface area (Å²) in [4.78, 5) is 31.9. The summed E-state index contributed by atoms with van der Waals surface area (Å²) in [6.45, 7) is 8.39. The van der Waals surface area contributed by atoms with Crippen LogP contribution in [0, 0.1) is 6.92 Å². The van der Waals surface area contributed by atoms with Gasteiger partial charge in [0, 0.05) is 32.2 Å². The summed E-state index contributed by atoms with van der Waals surface area (Å²) < 4.78 is 46.5. The molecule has 0 fully saturated rings. The van der Waals surface area contributed by atoms with Crippen molar-refractivity contribution in [2.45, 2.75) is 211 Å². The molecule has 0 aromatic heterocycles. The molecule has 0 radical (unpaired) electrons. The highest BCUT2D eigenvalue weighted by Gasteiger charge is 2.30. The molecule has 1 aliphatic rings. The van der Waals surface area contributed by atoms with Crippen LogP contribution in [-0.2, 0) is 29.0 Å². The van der Waals surface area contributed by atoms with Crippen molar-refractivity contribution in [1.82, 2.24) is 15.4 Å². The number of aliphatic imine (C=N–C) groups is 1. The largest absolute Gasteiger partial charge is 0.449 e. The summed E-state index contributed by atoms with van der Waals surface area (Å²) in [5, 5.41) is 5.87. The summed E-state index contributed by atoms with van der Waals surface area (Å²) in [5.74, 6) is -0.799. The molecule has 1 unspecified atom stereocenters. The molecule has 0 saturated carbocycles. The van der Waals surface area contributed by atoms with E-state index in [1.54, 1.807) is 12.1 Å². The van der Waals surface area contributed by atoms with E-state index in [0.29, 0.717) is 26.2 Å². The second-order valence-corrected chi connectivity index (χ2v) is 21.6. The number of ether oxygens (including phenoxy) is 3. The number of unbranched alkanes of at least 4 members (excludes halogenated alkanes) is 22. The molecule has 0 aliphatic heterocycles. The lowest BCUT2D eigenvalue weighted by molar-refractivity contribution is -0.124. The molecule has 1 aliphatic carbocycles. The van der Waals surface area contributed by atoms with Gasteiger partial charge in [-0.05, 0) is 67.0 Å². The number of rotatable bonds is 41. The van der Waals surface area contributed by atoms with E-state index >= 15 is 0 Å². The molecule has 2 amide bonds. The number of carbonyl (C=O) groups excluding carboxylic acids is 2. The number of benzene rings is 3. The standard InChI is InChI=1S/C59H93N5O7S/c1-4-6-8-10-12-14-16-18-20-22-24-30-43-69-46-49(70-44-31-25-23-21-19-17-15-13-11-9-7-5-2)45-62-57(65)56(37-32-42-61-58(60)64-72(67,68)50-40-38-48(3)39-41-50)63-59(66)71-47-55-53-35-28-26-33-51(53)52-34-27-29-36-54(52)55/h26-29,33-36,38-41,49,55-56H,4-25,30-32,37,42-47H2,1-3H3,(H,62,65)(H,63,66)(H3,60,61,64)/t49?,56-/m0/s1. The van der Waals surface area contributed by atoms with Crippen LogP contribution < -0.4 is 21.1 Å². The maximum atomic E-state index is 14.0. The number of hydrogen-bond donors (Lipinski definition) is 4. The van der Waals surface area contributed by atoms with Crippen LogP contribution >= 0.6 is 0 Å². The third-order valence-corrected chi connectivity index (χ3v) is 15.1. The summed E-state index contributed by atoms with van der Waals surface area (Å²) >= 11 is 0. The molecule has 0 spiro atoms. The van der Waals surface area contributed by atoms with Gasteiger partial charge in [0.05, 0.1) is 17.6 Å². The molecule has 3 aromatic rings. The Morgan fingerprint density at radius 1 is 0.639 bits per heavy atom. The van der Waals surface area contributed by atoms with Crippen molar-refractivity contribution >= 4 is 28.0 Å². The van der Waals surface area contributed by atoms with Gasteiger partial charge >= 0.3 is 6.09 Å². The summed E-state index contributed by atoms with van der Waals surface area (Å²) in [6, 6.07) is 21.7. The zero-order chi connectivity index (χ0) is 51.5. The van der Waals surface area contributed by atoms with Crippen molar-refractivity contribution in [3.05, 3.63) is 89.5 Å². The Kier molecular flexibility index (Phi) is 30.4. The number of carbonyl (C=O) groups is 2. The molecular formula is C59H93N5O7S. The number of alkyl carbamates (subject to hydrolysis) is 1. The van der Waals surface area contributed by atoms with E-state index in [0.717, 1.165) is 53.5 Å². The third-order valence-electron chi connectivity index (χ3n) is 13.8. The minimum atomic E-state index is -3.93. The van der Waals surface area contributed by atoms with Crippen LogP contribution in [-0.4, -0.2) is 78.0 Å². The molecule has 0 saturated heterocycles. The second-order valence-electron chi connectivity index (χ2n) is 19.9. The molecule has 72 heavy (non-hydrogen) atoms. The van der Waals surface area contributed by atoms with Gasteiger partial charge in [0.15, 0.2) is 0 Å². The first kappa shape index (κ1) is 60.1. The Hall–Kier alpha value is -4.46. The Balaban J connectivity index is 1.31.